The third-order valence-corrected chi connectivity index (χ3v) is 4.99. The third-order valence-electron chi connectivity index (χ3n) is 4.99. The van der Waals surface area contributed by atoms with Gasteiger partial charge in [-0.3, -0.25) is 0 Å². The molecule has 3 heteroatoms. The van der Waals surface area contributed by atoms with E-state index >= 15 is 0 Å². The predicted octanol–water partition coefficient (Wildman–Crippen LogP) is 3.67. The Morgan fingerprint density at radius 1 is 1.37 bits per heavy atom. The lowest BCUT2D eigenvalue weighted by molar-refractivity contribution is -0.161. The van der Waals surface area contributed by atoms with Gasteiger partial charge in [-0.1, -0.05) is 13.3 Å². The van der Waals surface area contributed by atoms with Crippen LogP contribution >= 0.6 is 0 Å². The van der Waals surface area contributed by atoms with E-state index in [4.69, 9.17) is 9.15 Å². The van der Waals surface area contributed by atoms with E-state index in [0.29, 0.717) is 6.04 Å². The summed E-state index contributed by atoms with van der Waals surface area (Å²) < 4.78 is 12.1. The molecule has 2 heterocycles. The summed E-state index contributed by atoms with van der Waals surface area (Å²) in [6.45, 7) is 5.47. The predicted molar refractivity (Wildman–Crippen MR) is 75.0 cm³/mol. The van der Waals surface area contributed by atoms with Gasteiger partial charge in [0.1, 0.15) is 11.9 Å². The van der Waals surface area contributed by atoms with E-state index in [2.05, 4.69) is 19.2 Å². The van der Waals surface area contributed by atoms with Crippen molar-refractivity contribution in [2.75, 3.05) is 6.54 Å². The van der Waals surface area contributed by atoms with Crippen LogP contribution in [0.4, 0.5) is 0 Å². The zero-order valence-electron chi connectivity index (χ0n) is 12.0. The maximum absolute atomic E-state index is 6.51. The van der Waals surface area contributed by atoms with E-state index in [1.165, 1.54) is 32.1 Å². The molecule has 1 saturated carbocycles. The summed E-state index contributed by atoms with van der Waals surface area (Å²) in [6, 6.07) is 4.29. The summed E-state index contributed by atoms with van der Waals surface area (Å²) in [7, 11) is 0. The molecule has 0 radical (unpaired) electrons. The minimum Gasteiger partial charge on any atom is -0.467 e. The van der Waals surface area contributed by atoms with Gasteiger partial charge in [0.05, 0.1) is 11.9 Å². The summed E-state index contributed by atoms with van der Waals surface area (Å²) >= 11 is 0. The normalized spacial score (nSPS) is 39.6. The fraction of sp³-hybridized carbons (Fsp3) is 0.750. The summed E-state index contributed by atoms with van der Waals surface area (Å²) in [5.41, 5.74) is 0.0373. The molecule has 2 unspecified atom stereocenters. The minimum atomic E-state index is 0.0373. The summed E-state index contributed by atoms with van der Waals surface area (Å²) in [6.07, 6.45) is 8.07. The molecule has 1 N–H and O–H groups in total. The minimum absolute atomic E-state index is 0.0373. The van der Waals surface area contributed by atoms with Crippen molar-refractivity contribution in [1.82, 2.24) is 5.32 Å². The smallest absolute Gasteiger partial charge is 0.134 e. The topological polar surface area (TPSA) is 34.4 Å². The number of ether oxygens (including phenoxy) is 1. The Balaban J connectivity index is 1.71. The number of hydrogen-bond acceptors (Lipinski definition) is 3. The Morgan fingerprint density at radius 2 is 2.16 bits per heavy atom. The highest BCUT2D eigenvalue weighted by atomic mass is 16.5. The second-order valence-electron chi connectivity index (χ2n) is 6.26. The highest BCUT2D eigenvalue weighted by Gasteiger charge is 2.43. The SMILES string of the molecule is CCC1CCC2(CC1)CNC(C)C(c1ccco1)O2. The number of hydrogen-bond donors (Lipinski definition) is 1. The molecule has 19 heavy (non-hydrogen) atoms. The molecule has 3 rings (SSSR count). The van der Waals surface area contributed by atoms with Crippen molar-refractivity contribution in [3.8, 4) is 0 Å². The van der Waals surface area contributed by atoms with Crippen molar-refractivity contribution in [2.24, 2.45) is 5.92 Å². The van der Waals surface area contributed by atoms with E-state index in [1.807, 2.05) is 12.1 Å². The van der Waals surface area contributed by atoms with Gasteiger partial charge in [-0.25, -0.2) is 0 Å². The molecule has 2 aliphatic rings. The third kappa shape index (κ3) is 2.59. The van der Waals surface area contributed by atoms with Crippen molar-refractivity contribution in [2.45, 2.75) is 63.7 Å². The van der Waals surface area contributed by atoms with Crippen LogP contribution in [0.2, 0.25) is 0 Å². The lowest BCUT2D eigenvalue weighted by Gasteiger charge is -2.47. The lowest BCUT2D eigenvalue weighted by atomic mass is 9.76. The fourth-order valence-corrected chi connectivity index (χ4v) is 3.53. The number of nitrogens with one attached hydrogen (secondary N) is 1. The molecule has 1 aliphatic carbocycles. The van der Waals surface area contributed by atoms with E-state index < -0.39 is 0 Å². The molecule has 1 aromatic rings. The van der Waals surface area contributed by atoms with Gasteiger partial charge >= 0.3 is 0 Å². The summed E-state index contributed by atoms with van der Waals surface area (Å²) in [4.78, 5) is 0. The first kappa shape index (κ1) is 13.2. The van der Waals surface area contributed by atoms with E-state index in [1.54, 1.807) is 6.26 Å². The lowest BCUT2D eigenvalue weighted by Crippen LogP contribution is -2.56. The van der Waals surface area contributed by atoms with Crippen molar-refractivity contribution >= 4 is 0 Å². The Morgan fingerprint density at radius 3 is 2.79 bits per heavy atom. The standard InChI is InChI=1S/C16H25NO2/c1-3-13-6-8-16(9-7-13)11-17-12(2)15(19-16)14-5-4-10-18-14/h4-5,10,12-13,15,17H,3,6-9,11H2,1-2H3. The number of furan rings is 1. The molecular weight excluding hydrogens is 238 g/mol. The molecule has 1 spiro atoms. The van der Waals surface area contributed by atoms with Crippen LogP contribution in [-0.2, 0) is 4.74 Å². The molecule has 2 fully saturated rings. The molecule has 1 saturated heterocycles. The van der Waals surface area contributed by atoms with Crippen molar-refractivity contribution in [1.29, 1.82) is 0 Å². The highest BCUT2D eigenvalue weighted by molar-refractivity contribution is 5.08. The van der Waals surface area contributed by atoms with Gasteiger partial charge < -0.3 is 14.5 Å². The molecule has 3 nitrogen and oxygen atoms in total. The van der Waals surface area contributed by atoms with Crippen LogP contribution in [-0.4, -0.2) is 18.2 Å². The van der Waals surface area contributed by atoms with E-state index in [-0.39, 0.29) is 11.7 Å². The Hall–Kier alpha value is -0.800. The zero-order valence-corrected chi connectivity index (χ0v) is 12.0. The molecule has 106 valence electrons. The monoisotopic (exact) mass is 263 g/mol. The summed E-state index contributed by atoms with van der Waals surface area (Å²) in [5, 5.41) is 3.63. The van der Waals surface area contributed by atoms with Crippen molar-refractivity contribution in [3.63, 3.8) is 0 Å². The van der Waals surface area contributed by atoms with Crippen LogP contribution in [0, 0.1) is 5.92 Å². The molecule has 2 atom stereocenters. The Kier molecular flexibility index (Phi) is 3.68. The molecule has 0 amide bonds. The van der Waals surface area contributed by atoms with Gasteiger partial charge in [-0.15, -0.1) is 0 Å². The van der Waals surface area contributed by atoms with Crippen LogP contribution in [0.1, 0.15) is 57.8 Å². The second kappa shape index (κ2) is 5.29. The fourth-order valence-electron chi connectivity index (χ4n) is 3.53. The first-order valence-corrected chi connectivity index (χ1v) is 7.67. The van der Waals surface area contributed by atoms with Gasteiger partial charge in [0.25, 0.3) is 0 Å². The Labute approximate surface area is 115 Å². The summed E-state index contributed by atoms with van der Waals surface area (Å²) in [5.74, 6) is 1.85. The van der Waals surface area contributed by atoms with Crippen LogP contribution < -0.4 is 5.32 Å². The van der Waals surface area contributed by atoms with E-state index in [0.717, 1.165) is 18.2 Å². The maximum atomic E-state index is 6.51. The van der Waals surface area contributed by atoms with Crippen LogP contribution in [0.25, 0.3) is 0 Å². The van der Waals surface area contributed by atoms with Crippen molar-refractivity contribution in [3.05, 3.63) is 24.2 Å². The van der Waals surface area contributed by atoms with Crippen LogP contribution in [0.5, 0.6) is 0 Å². The molecule has 0 aromatic carbocycles. The van der Waals surface area contributed by atoms with Gasteiger partial charge in [0, 0.05) is 12.6 Å². The molecule has 1 aromatic heterocycles. The quantitative estimate of drug-likeness (QED) is 0.884. The van der Waals surface area contributed by atoms with Crippen LogP contribution in [0.15, 0.2) is 22.8 Å². The average Bonchev–Trinajstić information content (AvgIpc) is 2.97. The van der Waals surface area contributed by atoms with Gasteiger partial charge in [-0.2, -0.15) is 0 Å². The van der Waals surface area contributed by atoms with Crippen LogP contribution in [0.3, 0.4) is 0 Å². The van der Waals surface area contributed by atoms with Crippen molar-refractivity contribution < 1.29 is 9.15 Å². The first-order valence-electron chi connectivity index (χ1n) is 7.67. The van der Waals surface area contributed by atoms with Gasteiger partial charge in [-0.05, 0) is 50.7 Å². The highest BCUT2D eigenvalue weighted by Crippen LogP contribution is 2.42. The average molecular weight is 263 g/mol. The molecule has 1 aliphatic heterocycles. The molecular formula is C16H25NO2. The van der Waals surface area contributed by atoms with Gasteiger partial charge in [0.15, 0.2) is 0 Å². The maximum Gasteiger partial charge on any atom is 0.134 e. The number of rotatable bonds is 2. The number of morpholine rings is 1. The van der Waals surface area contributed by atoms with Gasteiger partial charge in [0.2, 0.25) is 0 Å². The first-order chi connectivity index (χ1) is 9.22. The largest absolute Gasteiger partial charge is 0.467 e. The van der Waals surface area contributed by atoms with E-state index in [9.17, 15) is 0 Å². The second-order valence-corrected chi connectivity index (χ2v) is 6.26. The molecule has 0 bridgehead atoms. The Bertz CT molecular complexity index is 393. The zero-order chi connectivity index (χ0) is 13.3.